The van der Waals surface area contributed by atoms with Crippen molar-refractivity contribution in [3.05, 3.63) is 82.9 Å². The molecule has 0 N–H and O–H groups in total. The summed E-state index contributed by atoms with van der Waals surface area (Å²) in [5, 5.41) is 0. The van der Waals surface area contributed by atoms with Gasteiger partial charge in [-0.05, 0) is 48.2 Å². The van der Waals surface area contributed by atoms with E-state index < -0.39 is 0 Å². The fourth-order valence-electron chi connectivity index (χ4n) is 2.09. The summed E-state index contributed by atoms with van der Waals surface area (Å²) in [7, 11) is 0. The average Bonchev–Trinajstić information content (AvgIpc) is 2.46. The zero-order valence-corrected chi connectivity index (χ0v) is 11.9. The van der Waals surface area contributed by atoms with Gasteiger partial charge in [-0.25, -0.2) is 0 Å². The van der Waals surface area contributed by atoms with E-state index in [1.54, 1.807) is 0 Å². The Bertz CT molecular complexity index is 678. The molecule has 0 atom stereocenters. The zero-order valence-electron chi connectivity index (χ0n) is 11.9. The second-order valence-electron chi connectivity index (χ2n) is 4.83. The summed E-state index contributed by atoms with van der Waals surface area (Å²) in [6.07, 6.45) is 5.53. The number of carbonyl (C=O) groups is 1. The molecule has 2 aromatic carbocycles. The number of ketones is 1. The van der Waals surface area contributed by atoms with Crippen molar-refractivity contribution in [3.63, 3.8) is 0 Å². The van der Waals surface area contributed by atoms with Gasteiger partial charge < -0.3 is 0 Å². The predicted octanol–water partition coefficient (Wildman–Crippen LogP) is 4.84. The molecule has 0 aliphatic heterocycles. The molecular weight excluding hydrogens is 244 g/mol. The van der Waals surface area contributed by atoms with Crippen LogP contribution in [0, 0.1) is 13.8 Å². The molecule has 0 amide bonds. The number of benzene rings is 2. The van der Waals surface area contributed by atoms with Crippen molar-refractivity contribution >= 4 is 17.9 Å². The lowest BCUT2D eigenvalue weighted by Crippen LogP contribution is -1.95. The third-order valence-electron chi connectivity index (χ3n) is 3.37. The first-order chi connectivity index (χ1) is 9.61. The van der Waals surface area contributed by atoms with E-state index in [0.29, 0.717) is 5.56 Å². The van der Waals surface area contributed by atoms with Crippen LogP contribution in [0.5, 0.6) is 0 Å². The highest BCUT2D eigenvalue weighted by Crippen LogP contribution is 2.17. The Morgan fingerprint density at radius 2 is 1.60 bits per heavy atom. The molecule has 0 bridgehead atoms. The van der Waals surface area contributed by atoms with Crippen LogP contribution in [0.25, 0.3) is 12.2 Å². The maximum absolute atomic E-state index is 11.6. The van der Waals surface area contributed by atoms with Crippen molar-refractivity contribution in [2.75, 3.05) is 0 Å². The first kappa shape index (κ1) is 14.0. The number of rotatable bonds is 4. The molecule has 0 aromatic heterocycles. The molecule has 0 saturated heterocycles. The van der Waals surface area contributed by atoms with Gasteiger partial charge in [0.05, 0.1) is 0 Å². The fourth-order valence-corrected chi connectivity index (χ4v) is 2.09. The van der Waals surface area contributed by atoms with Crippen LogP contribution in [0.3, 0.4) is 0 Å². The number of hydrogen-bond donors (Lipinski definition) is 0. The van der Waals surface area contributed by atoms with E-state index in [2.05, 4.69) is 37.8 Å². The summed E-state index contributed by atoms with van der Waals surface area (Å²) in [5.74, 6) is -0.0393. The van der Waals surface area contributed by atoms with Gasteiger partial charge in [-0.15, -0.1) is 0 Å². The molecule has 0 unspecified atom stereocenters. The van der Waals surface area contributed by atoms with Gasteiger partial charge in [0.25, 0.3) is 0 Å². The van der Waals surface area contributed by atoms with Crippen LogP contribution >= 0.6 is 0 Å². The molecule has 0 heterocycles. The lowest BCUT2D eigenvalue weighted by molar-refractivity contribution is 0.104. The van der Waals surface area contributed by atoms with Crippen molar-refractivity contribution in [1.82, 2.24) is 0 Å². The van der Waals surface area contributed by atoms with Crippen molar-refractivity contribution in [2.45, 2.75) is 13.8 Å². The van der Waals surface area contributed by atoms with Gasteiger partial charge in [-0.3, -0.25) is 4.79 Å². The molecule has 1 heteroatoms. The quantitative estimate of drug-likeness (QED) is 0.437. The molecule has 0 spiro atoms. The highest BCUT2D eigenvalue weighted by molar-refractivity contribution is 6.04. The van der Waals surface area contributed by atoms with Crippen LogP contribution in [-0.4, -0.2) is 5.78 Å². The largest absolute Gasteiger partial charge is 0.289 e. The van der Waals surface area contributed by atoms with Gasteiger partial charge in [0, 0.05) is 5.56 Å². The van der Waals surface area contributed by atoms with Gasteiger partial charge in [-0.1, -0.05) is 55.1 Å². The summed E-state index contributed by atoms with van der Waals surface area (Å²) in [6, 6.07) is 14.0. The van der Waals surface area contributed by atoms with Crippen molar-refractivity contribution in [2.24, 2.45) is 0 Å². The van der Waals surface area contributed by atoms with E-state index in [9.17, 15) is 4.79 Å². The number of carbonyl (C=O) groups excluding carboxylic acids is 1. The Morgan fingerprint density at radius 3 is 2.20 bits per heavy atom. The monoisotopic (exact) mass is 262 g/mol. The Labute approximate surface area is 120 Å². The van der Waals surface area contributed by atoms with Gasteiger partial charge in [0.1, 0.15) is 0 Å². The summed E-state index contributed by atoms with van der Waals surface area (Å²) in [5.41, 5.74) is 5.35. The van der Waals surface area contributed by atoms with Gasteiger partial charge in [-0.2, -0.15) is 0 Å². The molecule has 0 aliphatic rings. The van der Waals surface area contributed by atoms with Crippen LogP contribution in [0.15, 0.2) is 55.1 Å². The molecule has 0 saturated carbocycles. The summed E-state index contributed by atoms with van der Waals surface area (Å²) in [6.45, 7) is 7.62. The molecule has 2 aromatic rings. The molecule has 0 radical (unpaired) electrons. The van der Waals surface area contributed by atoms with E-state index in [1.807, 2.05) is 37.3 Å². The first-order valence-corrected chi connectivity index (χ1v) is 6.63. The number of hydrogen-bond acceptors (Lipinski definition) is 1. The molecule has 100 valence electrons. The minimum atomic E-state index is -0.0393. The van der Waals surface area contributed by atoms with E-state index in [-0.39, 0.29) is 5.78 Å². The lowest BCUT2D eigenvalue weighted by Gasteiger charge is -2.04. The Morgan fingerprint density at radius 1 is 0.950 bits per heavy atom. The zero-order chi connectivity index (χ0) is 14.5. The van der Waals surface area contributed by atoms with Crippen LogP contribution in [0.4, 0.5) is 0 Å². The SMILES string of the molecule is C=CC(=O)c1ccc(/C=C/c2ccccc2C)c(C)c1. The standard InChI is InChI=1S/C19H18O/c1-4-19(20)18-12-11-17(15(3)13-18)10-9-16-8-6-5-7-14(16)2/h4-13H,1H2,2-3H3/b10-9+. The molecule has 0 fully saturated rings. The molecule has 20 heavy (non-hydrogen) atoms. The molecule has 0 aliphatic carbocycles. The van der Waals surface area contributed by atoms with E-state index in [4.69, 9.17) is 0 Å². The van der Waals surface area contributed by atoms with Crippen molar-refractivity contribution in [3.8, 4) is 0 Å². The average molecular weight is 262 g/mol. The molecule has 2 rings (SSSR count). The Kier molecular flexibility index (Phi) is 4.31. The van der Waals surface area contributed by atoms with E-state index in [0.717, 1.165) is 11.1 Å². The Balaban J connectivity index is 2.29. The molecule has 1 nitrogen and oxygen atoms in total. The van der Waals surface area contributed by atoms with Gasteiger partial charge in [0.2, 0.25) is 0 Å². The highest BCUT2D eigenvalue weighted by Gasteiger charge is 2.03. The third-order valence-corrected chi connectivity index (χ3v) is 3.37. The van der Waals surface area contributed by atoms with Crippen LogP contribution < -0.4 is 0 Å². The maximum atomic E-state index is 11.6. The lowest BCUT2D eigenvalue weighted by atomic mass is 10.0. The molecular formula is C19H18O. The van der Waals surface area contributed by atoms with Crippen molar-refractivity contribution < 1.29 is 4.79 Å². The normalized spacial score (nSPS) is 10.7. The smallest absolute Gasteiger partial charge is 0.185 e. The predicted molar refractivity (Wildman–Crippen MR) is 85.8 cm³/mol. The summed E-state index contributed by atoms with van der Waals surface area (Å²) in [4.78, 5) is 11.6. The van der Waals surface area contributed by atoms with Crippen LogP contribution in [0.2, 0.25) is 0 Å². The fraction of sp³-hybridized carbons (Fsp3) is 0.105. The maximum Gasteiger partial charge on any atom is 0.185 e. The topological polar surface area (TPSA) is 17.1 Å². The van der Waals surface area contributed by atoms with Crippen LogP contribution in [-0.2, 0) is 0 Å². The van der Waals surface area contributed by atoms with Gasteiger partial charge in [0.15, 0.2) is 5.78 Å². The highest BCUT2D eigenvalue weighted by atomic mass is 16.1. The minimum absolute atomic E-state index is 0.0393. The second-order valence-corrected chi connectivity index (χ2v) is 4.83. The minimum Gasteiger partial charge on any atom is -0.289 e. The second kappa shape index (κ2) is 6.16. The summed E-state index contributed by atoms with van der Waals surface area (Å²) >= 11 is 0. The number of aryl methyl sites for hydroxylation is 2. The van der Waals surface area contributed by atoms with Crippen molar-refractivity contribution in [1.29, 1.82) is 0 Å². The van der Waals surface area contributed by atoms with Gasteiger partial charge >= 0.3 is 0 Å². The number of allylic oxidation sites excluding steroid dienone is 1. The Hall–Kier alpha value is -2.41. The summed E-state index contributed by atoms with van der Waals surface area (Å²) < 4.78 is 0. The van der Waals surface area contributed by atoms with E-state index >= 15 is 0 Å². The van der Waals surface area contributed by atoms with Crippen LogP contribution in [0.1, 0.15) is 32.6 Å². The third kappa shape index (κ3) is 3.12. The van der Waals surface area contributed by atoms with E-state index in [1.165, 1.54) is 17.2 Å². The first-order valence-electron chi connectivity index (χ1n) is 6.63.